The number of hydrogen-bond acceptors (Lipinski definition) is 7. The number of amides is 1. The highest BCUT2D eigenvalue weighted by Crippen LogP contribution is 2.31. The lowest BCUT2D eigenvalue weighted by molar-refractivity contribution is -0.187. The largest absolute Gasteiger partial charge is 0.508 e. The fraction of sp³-hybridized carbons (Fsp3) is 0.375. The van der Waals surface area contributed by atoms with Gasteiger partial charge in [0.05, 0.1) is 6.10 Å². The van der Waals surface area contributed by atoms with Gasteiger partial charge in [-0.25, -0.2) is 4.79 Å². The van der Waals surface area contributed by atoms with E-state index >= 15 is 0 Å². The van der Waals surface area contributed by atoms with Crippen LogP contribution in [0, 0.1) is 0 Å². The monoisotopic (exact) mass is 455 g/mol. The van der Waals surface area contributed by atoms with Crippen LogP contribution in [0.3, 0.4) is 0 Å². The molecule has 1 aliphatic rings. The maximum atomic E-state index is 12.9. The van der Waals surface area contributed by atoms with Crippen LogP contribution in [0.4, 0.5) is 0 Å². The molecule has 2 aromatic carbocycles. The predicted molar refractivity (Wildman–Crippen MR) is 121 cm³/mol. The van der Waals surface area contributed by atoms with E-state index < -0.39 is 29.5 Å². The van der Waals surface area contributed by atoms with E-state index in [9.17, 15) is 24.6 Å². The van der Waals surface area contributed by atoms with Crippen LogP contribution >= 0.6 is 0 Å². The van der Waals surface area contributed by atoms with E-state index in [1.54, 1.807) is 24.3 Å². The van der Waals surface area contributed by atoms with Crippen LogP contribution in [0.5, 0.6) is 5.75 Å². The van der Waals surface area contributed by atoms with E-state index in [0.29, 0.717) is 26.1 Å². The Morgan fingerprint density at radius 3 is 2.39 bits per heavy atom. The molecule has 0 aliphatic carbocycles. The lowest BCUT2D eigenvalue weighted by atomic mass is 9.88. The number of rotatable bonds is 9. The lowest BCUT2D eigenvalue weighted by Gasteiger charge is -2.39. The summed E-state index contributed by atoms with van der Waals surface area (Å²) in [7, 11) is 0. The number of carbonyl (C=O) groups is 3. The Hall–Kier alpha value is -3.27. The van der Waals surface area contributed by atoms with Crippen LogP contribution in [-0.4, -0.2) is 52.8 Å². The number of carboxylic acids is 1. The van der Waals surface area contributed by atoms with Crippen molar-refractivity contribution in [3.63, 3.8) is 0 Å². The number of phenols is 1. The number of phenolic OH excluding ortho intramolecular Hbond substituents is 1. The second-order valence-corrected chi connectivity index (χ2v) is 7.97. The first-order chi connectivity index (χ1) is 15.8. The summed E-state index contributed by atoms with van der Waals surface area (Å²) in [6, 6.07) is 12.9. The van der Waals surface area contributed by atoms with E-state index in [0.717, 1.165) is 11.1 Å². The first-order valence-electron chi connectivity index (χ1n) is 10.9. The normalized spacial score (nSPS) is 19.9. The van der Waals surface area contributed by atoms with Gasteiger partial charge in [-0.05, 0) is 48.4 Å². The summed E-state index contributed by atoms with van der Waals surface area (Å²) in [6.07, 6.45) is -0.381. The molecule has 3 atom stereocenters. The molecule has 1 amide bonds. The van der Waals surface area contributed by atoms with Crippen LogP contribution in [0.25, 0.3) is 0 Å². The Morgan fingerprint density at radius 1 is 1.15 bits per heavy atom. The second-order valence-electron chi connectivity index (χ2n) is 7.97. The van der Waals surface area contributed by atoms with Crippen molar-refractivity contribution >= 4 is 17.7 Å². The maximum absolute atomic E-state index is 12.9. The summed E-state index contributed by atoms with van der Waals surface area (Å²) >= 11 is 0. The van der Waals surface area contributed by atoms with Crippen LogP contribution in [0.2, 0.25) is 0 Å². The lowest BCUT2D eigenvalue weighted by Crippen LogP contribution is -2.64. The van der Waals surface area contributed by atoms with E-state index in [2.05, 4.69) is 10.6 Å². The fourth-order valence-corrected chi connectivity index (χ4v) is 3.92. The standard InChI is InChI=1S/C24H29N3O6/c1-2-21(29)24(23(31)32,27-22(30)17-5-3-15(13-25)4-6-17)33-20-11-12-26-14-19(20)16-7-9-18(28)10-8-16/h3-10,19-20,26,28H,2,11-14,25H2,1H3,(H,27,30)(H,31,32). The highest BCUT2D eigenvalue weighted by Gasteiger charge is 2.51. The number of ketones is 1. The minimum atomic E-state index is -2.53. The molecular weight excluding hydrogens is 426 g/mol. The summed E-state index contributed by atoms with van der Waals surface area (Å²) in [5, 5.41) is 25.3. The molecule has 1 aliphatic heterocycles. The highest BCUT2D eigenvalue weighted by molar-refractivity contribution is 6.10. The summed E-state index contributed by atoms with van der Waals surface area (Å²) < 4.78 is 6.02. The Kier molecular flexibility index (Phi) is 7.80. The molecular formula is C24H29N3O6. The van der Waals surface area contributed by atoms with Crippen molar-refractivity contribution in [2.24, 2.45) is 5.73 Å². The topological polar surface area (TPSA) is 151 Å². The van der Waals surface area contributed by atoms with Crippen molar-refractivity contribution in [1.82, 2.24) is 10.6 Å². The molecule has 9 heteroatoms. The number of carboxylic acid groups (broad SMARTS) is 1. The number of aliphatic carboxylic acids is 1. The summed E-state index contributed by atoms with van der Waals surface area (Å²) in [4.78, 5) is 38.3. The summed E-state index contributed by atoms with van der Waals surface area (Å²) in [6.45, 7) is 2.86. The second kappa shape index (κ2) is 10.6. The van der Waals surface area contributed by atoms with Gasteiger partial charge in [0, 0.05) is 31.0 Å². The van der Waals surface area contributed by atoms with Crippen molar-refractivity contribution in [2.75, 3.05) is 13.1 Å². The smallest absolute Gasteiger partial charge is 0.365 e. The highest BCUT2D eigenvalue weighted by atomic mass is 16.6. The summed E-state index contributed by atoms with van der Waals surface area (Å²) in [5.41, 5.74) is 4.87. The molecule has 3 rings (SSSR count). The molecule has 0 radical (unpaired) electrons. The number of nitrogens with two attached hydrogens (primary N) is 1. The molecule has 0 spiro atoms. The van der Waals surface area contributed by atoms with Gasteiger partial charge in [-0.1, -0.05) is 31.2 Å². The number of Topliss-reactive ketones (excluding diaryl/α,β-unsaturated/α-hetero) is 1. The van der Waals surface area contributed by atoms with Crippen molar-refractivity contribution < 1.29 is 29.3 Å². The Balaban J connectivity index is 1.93. The molecule has 176 valence electrons. The van der Waals surface area contributed by atoms with Gasteiger partial charge in [-0.3, -0.25) is 9.59 Å². The van der Waals surface area contributed by atoms with E-state index in [1.165, 1.54) is 31.2 Å². The van der Waals surface area contributed by atoms with Crippen molar-refractivity contribution in [2.45, 2.75) is 44.1 Å². The Bertz CT molecular complexity index is 992. The Labute approximate surface area is 191 Å². The van der Waals surface area contributed by atoms with E-state index in [-0.39, 0.29) is 23.7 Å². The van der Waals surface area contributed by atoms with Gasteiger partial charge < -0.3 is 31.3 Å². The molecule has 0 saturated carbocycles. The molecule has 1 saturated heterocycles. The number of hydrogen-bond donors (Lipinski definition) is 5. The molecule has 6 N–H and O–H groups in total. The molecule has 0 bridgehead atoms. The maximum Gasteiger partial charge on any atom is 0.365 e. The quantitative estimate of drug-likeness (QED) is 0.282. The first-order valence-corrected chi connectivity index (χ1v) is 10.9. The number of ether oxygens (including phenoxy) is 1. The van der Waals surface area contributed by atoms with Gasteiger partial charge in [0.15, 0.2) is 5.78 Å². The predicted octanol–water partition coefficient (Wildman–Crippen LogP) is 1.50. The zero-order chi connectivity index (χ0) is 24.0. The zero-order valence-corrected chi connectivity index (χ0v) is 18.4. The molecule has 1 fully saturated rings. The molecule has 1 heterocycles. The number of nitrogens with one attached hydrogen (secondary N) is 2. The Morgan fingerprint density at radius 2 is 1.82 bits per heavy atom. The average Bonchev–Trinajstić information content (AvgIpc) is 2.83. The van der Waals surface area contributed by atoms with E-state index in [4.69, 9.17) is 10.5 Å². The van der Waals surface area contributed by atoms with Gasteiger partial charge >= 0.3 is 11.7 Å². The zero-order valence-electron chi connectivity index (χ0n) is 18.4. The van der Waals surface area contributed by atoms with Gasteiger partial charge in [-0.2, -0.15) is 0 Å². The minimum Gasteiger partial charge on any atom is -0.508 e. The molecule has 3 unspecified atom stereocenters. The number of benzene rings is 2. The van der Waals surface area contributed by atoms with Crippen molar-refractivity contribution in [3.05, 3.63) is 65.2 Å². The van der Waals surface area contributed by atoms with Crippen molar-refractivity contribution in [1.29, 1.82) is 0 Å². The van der Waals surface area contributed by atoms with Gasteiger partial charge in [0.2, 0.25) is 0 Å². The third kappa shape index (κ3) is 5.39. The molecule has 0 aromatic heterocycles. The molecule has 33 heavy (non-hydrogen) atoms. The van der Waals surface area contributed by atoms with Crippen LogP contribution in [0.15, 0.2) is 48.5 Å². The molecule has 2 aromatic rings. The van der Waals surface area contributed by atoms with Crippen LogP contribution < -0.4 is 16.4 Å². The van der Waals surface area contributed by atoms with Gasteiger partial charge in [0.25, 0.3) is 5.91 Å². The fourth-order valence-electron chi connectivity index (χ4n) is 3.92. The number of piperidine rings is 1. The number of carbonyl (C=O) groups excluding carboxylic acids is 2. The third-order valence-electron chi connectivity index (χ3n) is 5.82. The van der Waals surface area contributed by atoms with E-state index in [1.807, 2.05) is 0 Å². The minimum absolute atomic E-state index is 0.106. The van der Waals surface area contributed by atoms with Gasteiger partial charge in [-0.15, -0.1) is 0 Å². The van der Waals surface area contributed by atoms with Crippen LogP contribution in [0.1, 0.15) is 47.2 Å². The third-order valence-corrected chi connectivity index (χ3v) is 5.82. The first kappa shape index (κ1) is 24.4. The number of aromatic hydroxyl groups is 1. The summed E-state index contributed by atoms with van der Waals surface area (Å²) in [5.74, 6) is -3.26. The average molecular weight is 456 g/mol. The SMILES string of the molecule is CCC(=O)C(NC(=O)c1ccc(CN)cc1)(OC1CCNCC1c1ccc(O)cc1)C(=O)O. The van der Waals surface area contributed by atoms with Gasteiger partial charge in [0.1, 0.15) is 5.75 Å². The van der Waals surface area contributed by atoms with Crippen molar-refractivity contribution in [3.8, 4) is 5.75 Å². The van der Waals surface area contributed by atoms with Crippen LogP contribution in [-0.2, 0) is 20.9 Å². The molecule has 9 nitrogen and oxygen atoms in total.